The molecule has 1 rings (SSSR count). The van der Waals surface area contributed by atoms with E-state index in [0.29, 0.717) is 24.2 Å². The van der Waals surface area contributed by atoms with E-state index in [4.69, 9.17) is 15.5 Å². The summed E-state index contributed by atoms with van der Waals surface area (Å²) in [7, 11) is 0. The van der Waals surface area contributed by atoms with Crippen LogP contribution in [0.3, 0.4) is 0 Å². The van der Waals surface area contributed by atoms with Gasteiger partial charge in [0.1, 0.15) is 6.07 Å². The van der Waals surface area contributed by atoms with Crippen LogP contribution in [0.15, 0.2) is 24.3 Å². The fourth-order valence-electron chi connectivity index (χ4n) is 1.98. The molecule has 1 atom stereocenters. The summed E-state index contributed by atoms with van der Waals surface area (Å²) in [6.45, 7) is 2.21. The number of para-hydroxylation sites is 1. The minimum absolute atomic E-state index is 0.00662. The number of rotatable bonds is 8. The van der Waals surface area contributed by atoms with E-state index in [-0.39, 0.29) is 13.0 Å². The molecule has 1 aromatic rings. The van der Waals surface area contributed by atoms with Gasteiger partial charge < -0.3 is 15.1 Å². The van der Waals surface area contributed by atoms with Gasteiger partial charge in [-0.2, -0.15) is 5.26 Å². The fourth-order valence-corrected chi connectivity index (χ4v) is 1.98. The van der Waals surface area contributed by atoms with Crippen LogP contribution >= 0.6 is 0 Å². The van der Waals surface area contributed by atoms with Crippen LogP contribution in [-0.4, -0.2) is 35.2 Å². The molecule has 0 amide bonds. The normalized spacial score (nSPS) is 11.4. The van der Waals surface area contributed by atoms with Crippen LogP contribution in [0, 0.1) is 17.2 Å². The Bertz CT molecular complexity index is 551. The highest BCUT2D eigenvalue weighted by atomic mass is 16.4. The van der Waals surface area contributed by atoms with Crippen molar-refractivity contribution in [1.29, 1.82) is 5.26 Å². The Morgan fingerprint density at radius 1 is 1.33 bits per heavy atom. The van der Waals surface area contributed by atoms with E-state index in [2.05, 4.69) is 6.07 Å². The van der Waals surface area contributed by atoms with E-state index in [0.717, 1.165) is 0 Å². The maximum absolute atomic E-state index is 11.0. The van der Waals surface area contributed by atoms with Crippen molar-refractivity contribution in [2.24, 2.45) is 5.92 Å². The molecule has 0 aromatic heterocycles. The number of carbonyl (C=O) groups is 2. The average Bonchev–Trinajstić information content (AvgIpc) is 2.45. The van der Waals surface area contributed by atoms with Gasteiger partial charge in [-0.25, -0.2) is 0 Å². The summed E-state index contributed by atoms with van der Waals surface area (Å²) in [5.74, 6) is -2.43. The fraction of sp³-hybridized carbons (Fsp3) is 0.400. The highest BCUT2D eigenvalue weighted by Crippen LogP contribution is 2.21. The zero-order valence-corrected chi connectivity index (χ0v) is 11.8. The van der Waals surface area contributed by atoms with Crippen molar-refractivity contribution in [1.82, 2.24) is 0 Å². The number of aliphatic carboxylic acids is 2. The zero-order chi connectivity index (χ0) is 15.8. The summed E-state index contributed by atoms with van der Waals surface area (Å²) in [4.78, 5) is 23.4. The van der Waals surface area contributed by atoms with Gasteiger partial charge in [0.05, 0.1) is 17.2 Å². The first-order valence-electron chi connectivity index (χ1n) is 6.64. The van der Waals surface area contributed by atoms with Crippen LogP contribution in [0.1, 0.15) is 25.3 Å². The van der Waals surface area contributed by atoms with Gasteiger partial charge in [0, 0.05) is 19.5 Å². The van der Waals surface area contributed by atoms with E-state index in [1.807, 2.05) is 0 Å². The van der Waals surface area contributed by atoms with Crippen molar-refractivity contribution in [2.75, 3.05) is 18.0 Å². The second kappa shape index (κ2) is 7.90. The summed E-state index contributed by atoms with van der Waals surface area (Å²) in [6, 6.07) is 8.98. The molecular formula is C15H18N2O4. The van der Waals surface area contributed by atoms with E-state index in [1.54, 1.807) is 36.1 Å². The monoisotopic (exact) mass is 290 g/mol. The largest absolute Gasteiger partial charge is 0.481 e. The van der Waals surface area contributed by atoms with Gasteiger partial charge >= 0.3 is 11.9 Å². The lowest BCUT2D eigenvalue weighted by molar-refractivity contribution is -0.141. The lowest BCUT2D eigenvalue weighted by atomic mass is 10.1. The van der Waals surface area contributed by atoms with Crippen molar-refractivity contribution in [3.63, 3.8) is 0 Å². The molecule has 1 unspecified atom stereocenters. The molecular weight excluding hydrogens is 272 g/mol. The van der Waals surface area contributed by atoms with Crippen LogP contribution < -0.4 is 4.90 Å². The van der Waals surface area contributed by atoms with Gasteiger partial charge in [-0.15, -0.1) is 0 Å². The number of benzene rings is 1. The Labute approximate surface area is 123 Å². The minimum Gasteiger partial charge on any atom is -0.481 e. The van der Waals surface area contributed by atoms with Crippen LogP contribution in [0.2, 0.25) is 0 Å². The first-order chi connectivity index (χ1) is 9.95. The van der Waals surface area contributed by atoms with Crippen molar-refractivity contribution < 1.29 is 19.8 Å². The third kappa shape index (κ3) is 5.15. The Morgan fingerprint density at radius 2 is 2.00 bits per heavy atom. The van der Waals surface area contributed by atoms with Crippen LogP contribution in [0.5, 0.6) is 0 Å². The molecule has 0 bridgehead atoms. The Balaban J connectivity index is 2.92. The van der Waals surface area contributed by atoms with E-state index in [9.17, 15) is 9.59 Å². The maximum Gasteiger partial charge on any atom is 0.308 e. The molecule has 0 heterocycles. The molecule has 1 aromatic carbocycles. The van der Waals surface area contributed by atoms with E-state index in [1.165, 1.54) is 0 Å². The molecule has 0 saturated carbocycles. The first-order valence-corrected chi connectivity index (χ1v) is 6.64. The number of carboxylic acids is 2. The minimum atomic E-state index is -0.923. The molecule has 2 N–H and O–H groups in total. The molecule has 112 valence electrons. The van der Waals surface area contributed by atoms with E-state index >= 15 is 0 Å². The highest BCUT2D eigenvalue weighted by molar-refractivity contribution is 5.71. The Hall–Kier alpha value is -2.55. The second-order valence-electron chi connectivity index (χ2n) is 4.81. The van der Waals surface area contributed by atoms with Gasteiger partial charge in [0.25, 0.3) is 0 Å². The lowest BCUT2D eigenvalue weighted by Crippen LogP contribution is -2.33. The molecule has 0 aliphatic carbocycles. The van der Waals surface area contributed by atoms with Crippen LogP contribution in [0.4, 0.5) is 5.69 Å². The number of hydrogen-bond acceptors (Lipinski definition) is 4. The predicted octanol–water partition coefficient (Wildman–Crippen LogP) is 1.95. The Morgan fingerprint density at radius 3 is 2.57 bits per heavy atom. The molecule has 0 spiro atoms. The maximum atomic E-state index is 11.0. The molecule has 6 nitrogen and oxygen atoms in total. The van der Waals surface area contributed by atoms with Crippen molar-refractivity contribution in [3.05, 3.63) is 29.8 Å². The second-order valence-corrected chi connectivity index (χ2v) is 4.81. The summed E-state index contributed by atoms with van der Waals surface area (Å²) in [5.41, 5.74) is 1.09. The summed E-state index contributed by atoms with van der Waals surface area (Å²) in [6.07, 6.45) is 0.397. The van der Waals surface area contributed by atoms with Gasteiger partial charge in [-0.05, 0) is 18.6 Å². The number of anilines is 1. The molecule has 6 heteroatoms. The van der Waals surface area contributed by atoms with Gasteiger partial charge in [0.2, 0.25) is 0 Å². The summed E-state index contributed by atoms with van der Waals surface area (Å²) >= 11 is 0. The third-order valence-corrected chi connectivity index (χ3v) is 3.10. The molecule has 0 fully saturated rings. The van der Waals surface area contributed by atoms with Crippen molar-refractivity contribution >= 4 is 17.6 Å². The molecule has 0 aliphatic rings. The standard InChI is InChI=1S/C15H18N2O4/c1-11(15(20)21)10-17(8-4-7-14(18)19)13-6-3-2-5-12(13)9-16/h2-3,5-6,11H,4,7-8,10H2,1H3,(H,18,19)(H,20,21). The quantitative estimate of drug-likeness (QED) is 0.758. The molecule has 0 radical (unpaired) electrons. The van der Waals surface area contributed by atoms with Gasteiger partial charge in [0.15, 0.2) is 0 Å². The van der Waals surface area contributed by atoms with Gasteiger partial charge in [-0.3, -0.25) is 9.59 Å². The SMILES string of the molecule is CC(CN(CCCC(=O)O)c1ccccc1C#N)C(=O)O. The third-order valence-electron chi connectivity index (χ3n) is 3.10. The number of hydrogen-bond donors (Lipinski definition) is 2. The number of nitrogens with zero attached hydrogens (tertiary/aromatic N) is 2. The zero-order valence-electron chi connectivity index (χ0n) is 11.8. The average molecular weight is 290 g/mol. The summed E-state index contributed by atoms with van der Waals surface area (Å²) in [5, 5.41) is 26.9. The van der Waals surface area contributed by atoms with Crippen LogP contribution in [-0.2, 0) is 9.59 Å². The molecule has 0 saturated heterocycles. The smallest absolute Gasteiger partial charge is 0.308 e. The lowest BCUT2D eigenvalue weighted by Gasteiger charge is -2.27. The summed E-state index contributed by atoms with van der Waals surface area (Å²) < 4.78 is 0. The predicted molar refractivity (Wildman–Crippen MR) is 77.0 cm³/mol. The van der Waals surface area contributed by atoms with E-state index < -0.39 is 17.9 Å². The highest BCUT2D eigenvalue weighted by Gasteiger charge is 2.18. The number of carboxylic acid groups (broad SMARTS) is 2. The molecule has 21 heavy (non-hydrogen) atoms. The molecule has 0 aliphatic heterocycles. The van der Waals surface area contributed by atoms with Crippen molar-refractivity contribution in [2.45, 2.75) is 19.8 Å². The topological polar surface area (TPSA) is 102 Å². The van der Waals surface area contributed by atoms with Crippen LogP contribution in [0.25, 0.3) is 0 Å². The number of nitriles is 1. The Kier molecular flexibility index (Phi) is 6.21. The first kappa shape index (κ1) is 16.5. The van der Waals surface area contributed by atoms with Crippen molar-refractivity contribution in [3.8, 4) is 6.07 Å². The van der Waals surface area contributed by atoms with Gasteiger partial charge in [-0.1, -0.05) is 19.1 Å².